The van der Waals surface area contributed by atoms with Crippen LogP contribution in [0.15, 0.2) is 24.3 Å². The number of amides is 1. The summed E-state index contributed by atoms with van der Waals surface area (Å²) in [7, 11) is 0. The largest absolute Gasteiger partial charge is 0.462 e. The van der Waals surface area contributed by atoms with Gasteiger partial charge in [-0.25, -0.2) is 9.18 Å². The molecular formula is C21H23FN2O6. The summed E-state index contributed by atoms with van der Waals surface area (Å²) in [5.41, 5.74) is 1.47. The molecule has 8 nitrogen and oxygen atoms in total. The summed E-state index contributed by atoms with van der Waals surface area (Å²) in [5, 5.41) is 2.34. The summed E-state index contributed by atoms with van der Waals surface area (Å²) in [5.74, 6) is -2.96. The highest BCUT2D eigenvalue weighted by Gasteiger charge is 2.27. The van der Waals surface area contributed by atoms with E-state index in [1.807, 2.05) is 0 Å². The van der Waals surface area contributed by atoms with E-state index in [1.54, 1.807) is 20.8 Å². The van der Waals surface area contributed by atoms with Crippen LogP contribution in [0.2, 0.25) is 0 Å². The second-order valence-electron chi connectivity index (χ2n) is 6.53. The fraction of sp³-hybridized carbons (Fsp3) is 0.333. The summed E-state index contributed by atoms with van der Waals surface area (Å²) in [4.78, 5) is 51.5. The van der Waals surface area contributed by atoms with Gasteiger partial charge in [0.25, 0.3) is 5.91 Å². The zero-order valence-corrected chi connectivity index (χ0v) is 17.1. The van der Waals surface area contributed by atoms with E-state index in [9.17, 15) is 23.6 Å². The van der Waals surface area contributed by atoms with Crippen LogP contribution in [-0.4, -0.2) is 47.9 Å². The van der Waals surface area contributed by atoms with Gasteiger partial charge in [-0.1, -0.05) is 0 Å². The lowest BCUT2D eigenvalue weighted by atomic mass is 10.1. The Hall–Kier alpha value is -3.49. The first-order valence-corrected chi connectivity index (χ1v) is 9.29. The molecule has 1 aromatic carbocycles. The van der Waals surface area contributed by atoms with Crippen molar-refractivity contribution in [1.82, 2.24) is 10.3 Å². The maximum absolute atomic E-state index is 12.9. The van der Waals surface area contributed by atoms with Gasteiger partial charge in [-0.2, -0.15) is 0 Å². The average Bonchev–Trinajstić information content (AvgIpc) is 3.00. The number of rotatable bonds is 8. The molecule has 0 bridgehead atoms. The number of aromatic amines is 1. The quantitative estimate of drug-likeness (QED) is 0.503. The van der Waals surface area contributed by atoms with Gasteiger partial charge in [0.15, 0.2) is 6.10 Å². The van der Waals surface area contributed by atoms with Crippen molar-refractivity contribution in [3.05, 3.63) is 58.2 Å². The van der Waals surface area contributed by atoms with Crippen LogP contribution in [0.5, 0.6) is 0 Å². The Labute approximate surface area is 172 Å². The molecule has 2 N–H and O–H groups in total. The molecule has 0 saturated carbocycles. The molecule has 1 heterocycles. The molecule has 0 aliphatic carbocycles. The van der Waals surface area contributed by atoms with E-state index in [0.29, 0.717) is 11.3 Å². The predicted molar refractivity (Wildman–Crippen MR) is 105 cm³/mol. The average molecular weight is 418 g/mol. The normalized spacial score (nSPS) is 11.5. The highest BCUT2D eigenvalue weighted by Crippen LogP contribution is 2.21. The number of benzene rings is 1. The van der Waals surface area contributed by atoms with Gasteiger partial charge in [-0.3, -0.25) is 14.4 Å². The van der Waals surface area contributed by atoms with Crippen LogP contribution in [0.4, 0.5) is 4.39 Å². The molecule has 0 aliphatic rings. The fourth-order valence-electron chi connectivity index (χ4n) is 2.86. The minimum atomic E-state index is -1.15. The van der Waals surface area contributed by atoms with Gasteiger partial charge < -0.3 is 19.8 Å². The second-order valence-corrected chi connectivity index (χ2v) is 6.53. The fourth-order valence-corrected chi connectivity index (χ4v) is 2.86. The topological polar surface area (TPSA) is 115 Å². The van der Waals surface area contributed by atoms with Gasteiger partial charge in [-0.05, 0) is 57.5 Å². The standard InChI is InChI=1S/C21H23FN2O6/c1-5-29-21(28)17-11(2)18(24-12(17)3)19(26)13(4)30-16(25)10-23-20(27)14-6-8-15(22)9-7-14/h6-9,13,24H,5,10H2,1-4H3,(H,23,27)/t13-/m1/s1. The number of hydrogen-bond acceptors (Lipinski definition) is 6. The van der Waals surface area contributed by atoms with Gasteiger partial charge in [0.05, 0.1) is 17.9 Å². The van der Waals surface area contributed by atoms with Crippen molar-refractivity contribution in [2.45, 2.75) is 33.8 Å². The van der Waals surface area contributed by atoms with Gasteiger partial charge in [0, 0.05) is 11.3 Å². The third kappa shape index (κ3) is 5.31. The predicted octanol–water partition coefficient (Wildman–Crippen LogP) is 2.49. The van der Waals surface area contributed by atoms with Crippen LogP contribution in [0.25, 0.3) is 0 Å². The molecule has 9 heteroatoms. The van der Waals surface area contributed by atoms with Crippen LogP contribution in [-0.2, 0) is 14.3 Å². The Kier molecular flexibility index (Phi) is 7.46. The van der Waals surface area contributed by atoms with Crippen molar-refractivity contribution in [2.24, 2.45) is 0 Å². The lowest BCUT2D eigenvalue weighted by Gasteiger charge is -2.13. The van der Waals surface area contributed by atoms with Crippen molar-refractivity contribution in [2.75, 3.05) is 13.2 Å². The summed E-state index contributed by atoms with van der Waals surface area (Å²) in [6.45, 7) is 6.03. The van der Waals surface area contributed by atoms with Crippen LogP contribution in [0.1, 0.15) is 56.3 Å². The van der Waals surface area contributed by atoms with Crippen molar-refractivity contribution in [3.63, 3.8) is 0 Å². The number of aryl methyl sites for hydroxylation is 1. The van der Waals surface area contributed by atoms with Crippen LogP contribution in [0, 0.1) is 19.7 Å². The molecule has 0 spiro atoms. The zero-order chi connectivity index (χ0) is 22.4. The smallest absolute Gasteiger partial charge is 0.340 e. The number of aromatic nitrogens is 1. The molecule has 0 fully saturated rings. The van der Waals surface area contributed by atoms with Crippen molar-refractivity contribution < 1.29 is 33.0 Å². The number of Topliss-reactive ketones (excluding diaryl/α,β-unsaturated/α-hetero) is 1. The zero-order valence-electron chi connectivity index (χ0n) is 17.1. The Bertz CT molecular complexity index is 965. The molecule has 0 radical (unpaired) electrons. The Balaban J connectivity index is 1.97. The number of carbonyl (C=O) groups excluding carboxylic acids is 4. The van der Waals surface area contributed by atoms with Gasteiger partial charge in [0.1, 0.15) is 12.4 Å². The molecule has 2 aromatic rings. The monoisotopic (exact) mass is 418 g/mol. The van der Waals surface area contributed by atoms with Crippen LogP contribution >= 0.6 is 0 Å². The number of nitrogens with one attached hydrogen (secondary N) is 2. The van der Waals surface area contributed by atoms with Gasteiger partial charge >= 0.3 is 11.9 Å². The number of ketones is 1. The molecule has 0 saturated heterocycles. The Morgan fingerprint density at radius 3 is 2.37 bits per heavy atom. The molecule has 2 rings (SSSR count). The Morgan fingerprint density at radius 1 is 1.13 bits per heavy atom. The maximum Gasteiger partial charge on any atom is 0.340 e. The molecule has 1 amide bonds. The van der Waals surface area contributed by atoms with E-state index in [1.165, 1.54) is 19.1 Å². The molecule has 1 aromatic heterocycles. The number of H-pyrrole nitrogens is 1. The van der Waals surface area contributed by atoms with Crippen molar-refractivity contribution in [1.29, 1.82) is 0 Å². The summed E-state index contributed by atoms with van der Waals surface area (Å²) in [6.07, 6.45) is -1.15. The highest BCUT2D eigenvalue weighted by atomic mass is 19.1. The second kappa shape index (κ2) is 9.82. The minimum Gasteiger partial charge on any atom is -0.462 e. The maximum atomic E-state index is 12.9. The number of carbonyl (C=O) groups is 4. The number of halogens is 1. The summed E-state index contributed by atoms with van der Waals surface area (Å²) < 4.78 is 23.0. The molecule has 1 atom stereocenters. The van der Waals surface area contributed by atoms with E-state index in [2.05, 4.69) is 10.3 Å². The first-order chi connectivity index (χ1) is 14.1. The van der Waals surface area contributed by atoms with E-state index in [-0.39, 0.29) is 23.4 Å². The summed E-state index contributed by atoms with van der Waals surface area (Å²) in [6, 6.07) is 4.80. The van der Waals surface area contributed by atoms with Gasteiger partial charge in [0.2, 0.25) is 5.78 Å². The van der Waals surface area contributed by atoms with Crippen LogP contribution in [0.3, 0.4) is 0 Å². The van der Waals surface area contributed by atoms with Crippen molar-refractivity contribution >= 4 is 23.6 Å². The van der Waals surface area contributed by atoms with E-state index < -0.39 is 42.1 Å². The molecule has 30 heavy (non-hydrogen) atoms. The third-order valence-electron chi connectivity index (χ3n) is 4.34. The molecule has 0 unspecified atom stereocenters. The van der Waals surface area contributed by atoms with E-state index in [0.717, 1.165) is 12.1 Å². The first-order valence-electron chi connectivity index (χ1n) is 9.29. The number of esters is 2. The minimum absolute atomic E-state index is 0.145. The summed E-state index contributed by atoms with van der Waals surface area (Å²) >= 11 is 0. The molecule has 0 aliphatic heterocycles. The first kappa shape index (κ1) is 22.8. The Morgan fingerprint density at radius 2 is 1.77 bits per heavy atom. The van der Waals surface area contributed by atoms with E-state index in [4.69, 9.17) is 9.47 Å². The lowest BCUT2D eigenvalue weighted by Crippen LogP contribution is -2.34. The van der Waals surface area contributed by atoms with Gasteiger partial charge in [-0.15, -0.1) is 0 Å². The van der Waals surface area contributed by atoms with Crippen molar-refractivity contribution in [3.8, 4) is 0 Å². The van der Waals surface area contributed by atoms with E-state index >= 15 is 0 Å². The lowest BCUT2D eigenvalue weighted by molar-refractivity contribution is -0.145. The highest BCUT2D eigenvalue weighted by molar-refractivity contribution is 6.04. The molecule has 160 valence electrons. The molecular weight excluding hydrogens is 395 g/mol. The third-order valence-corrected chi connectivity index (χ3v) is 4.34. The number of ether oxygens (including phenoxy) is 2. The van der Waals surface area contributed by atoms with Crippen LogP contribution < -0.4 is 5.32 Å². The SMILES string of the molecule is CCOC(=O)c1c(C)[nH]c(C(=O)[C@@H](C)OC(=O)CNC(=O)c2ccc(F)cc2)c1C. The number of hydrogen-bond donors (Lipinski definition) is 2.